The number of benzene rings is 2. The Morgan fingerprint density at radius 1 is 1.00 bits per heavy atom. The number of carbonyl (C=O) groups is 2. The molecule has 1 saturated heterocycles. The lowest BCUT2D eigenvalue weighted by Crippen LogP contribution is -2.29. The molecule has 5 heteroatoms. The molecule has 0 bridgehead atoms. The fourth-order valence-electron chi connectivity index (χ4n) is 4.67. The minimum Gasteiger partial charge on any atom is -0.507 e. The number of hydrogen-bond acceptors (Lipinski definition) is 4. The largest absolute Gasteiger partial charge is 0.507 e. The molecule has 1 aliphatic heterocycles. The van der Waals surface area contributed by atoms with Gasteiger partial charge in [-0.1, -0.05) is 30.3 Å². The van der Waals surface area contributed by atoms with Gasteiger partial charge in [0.15, 0.2) is 0 Å². The molecule has 3 aromatic rings. The summed E-state index contributed by atoms with van der Waals surface area (Å²) in [6.07, 6.45) is 5.77. The Hall–Kier alpha value is -3.60. The van der Waals surface area contributed by atoms with Crippen molar-refractivity contribution in [3.8, 4) is 0 Å². The molecule has 1 N–H and O–H groups in total. The van der Waals surface area contributed by atoms with Gasteiger partial charge in [-0.25, -0.2) is 0 Å². The van der Waals surface area contributed by atoms with Crippen LogP contribution in [0.1, 0.15) is 46.9 Å². The number of anilines is 1. The van der Waals surface area contributed by atoms with E-state index >= 15 is 0 Å². The molecule has 5 nitrogen and oxygen atoms in total. The summed E-state index contributed by atoms with van der Waals surface area (Å²) >= 11 is 0. The number of furan rings is 1. The highest BCUT2D eigenvalue weighted by molar-refractivity contribution is 6.51. The van der Waals surface area contributed by atoms with Gasteiger partial charge >= 0.3 is 0 Å². The molecule has 1 aromatic heterocycles. The summed E-state index contributed by atoms with van der Waals surface area (Å²) in [6, 6.07) is 15.8. The molecule has 0 saturated carbocycles. The Morgan fingerprint density at radius 2 is 1.77 bits per heavy atom. The van der Waals surface area contributed by atoms with Crippen LogP contribution < -0.4 is 4.90 Å². The molecular formula is C26H23NO4. The number of aryl methyl sites for hydroxylation is 3. The Morgan fingerprint density at radius 3 is 2.52 bits per heavy atom. The molecule has 156 valence electrons. The zero-order chi connectivity index (χ0) is 21.5. The van der Waals surface area contributed by atoms with Crippen molar-refractivity contribution >= 4 is 23.1 Å². The van der Waals surface area contributed by atoms with Crippen molar-refractivity contribution in [3.05, 3.63) is 94.4 Å². The smallest absolute Gasteiger partial charge is 0.300 e. The van der Waals surface area contributed by atoms with Gasteiger partial charge in [0, 0.05) is 11.3 Å². The van der Waals surface area contributed by atoms with Gasteiger partial charge in [0.1, 0.15) is 17.6 Å². The minimum atomic E-state index is -0.827. The van der Waals surface area contributed by atoms with Gasteiger partial charge in [0.05, 0.1) is 11.8 Å². The normalized spacial score (nSPS) is 20.2. The predicted octanol–water partition coefficient (Wildman–Crippen LogP) is 5.09. The lowest BCUT2D eigenvalue weighted by atomic mass is 9.89. The van der Waals surface area contributed by atoms with E-state index in [-0.39, 0.29) is 11.3 Å². The number of hydrogen-bond donors (Lipinski definition) is 1. The fourth-order valence-corrected chi connectivity index (χ4v) is 4.67. The van der Waals surface area contributed by atoms with Crippen molar-refractivity contribution in [1.82, 2.24) is 0 Å². The summed E-state index contributed by atoms with van der Waals surface area (Å²) in [6.45, 7) is 1.89. The number of ketones is 1. The van der Waals surface area contributed by atoms with Crippen molar-refractivity contribution in [2.45, 2.75) is 38.6 Å². The molecule has 2 aromatic carbocycles. The van der Waals surface area contributed by atoms with E-state index in [1.54, 1.807) is 18.2 Å². The van der Waals surface area contributed by atoms with Crippen molar-refractivity contribution in [1.29, 1.82) is 0 Å². The van der Waals surface area contributed by atoms with Crippen molar-refractivity contribution in [3.63, 3.8) is 0 Å². The lowest BCUT2D eigenvalue weighted by Gasteiger charge is -2.25. The first-order chi connectivity index (χ1) is 15.1. The van der Waals surface area contributed by atoms with Crippen LogP contribution in [0.3, 0.4) is 0 Å². The standard InChI is InChI=1S/C26H23NO4/c1-16-7-2-5-10-20(16)27-23(21-11-6-14-31-21)22(25(29)26(27)30)24(28)19-13-12-17-8-3-4-9-18(17)15-19/h2,5-7,10-15,23,28H,3-4,8-9H2,1H3/b24-22-. The molecule has 5 rings (SSSR count). The van der Waals surface area contributed by atoms with Gasteiger partial charge in [-0.05, 0) is 73.6 Å². The van der Waals surface area contributed by atoms with Gasteiger partial charge < -0.3 is 9.52 Å². The molecule has 1 aliphatic carbocycles. The second kappa shape index (κ2) is 7.58. The second-order valence-electron chi connectivity index (χ2n) is 8.16. The highest BCUT2D eigenvalue weighted by atomic mass is 16.3. The zero-order valence-corrected chi connectivity index (χ0v) is 17.3. The average molecular weight is 413 g/mol. The van der Waals surface area contributed by atoms with Crippen molar-refractivity contribution < 1.29 is 19.1 Å². The maximum absolute atomic E-state index is 13.2. The maximum atomic E-state index is 13.2. The summed E-state index contributed by atoms with van der Waals surface area (Å²) in [7, 11) is 0. The van der Waals surface area contributed by atoms with Crippen LogP contribution in [-0.4, -0.2) is 16.8 Å². The van der Waals surface area contributed by atoms with Gasteiger partial charge in [-0.2, -0.15) is 0 Å². The Labute approximate surface area is 180 Å². The van der Waals surface area contributed by atoms with Gasteiger partial charge in [-0.15, -0.1) is 0 Å². The number of aliphatic hydroxyl groups excluding tert-OH is 1. The first kappa shape index (κ1) is 19.4. The quantitative estimate of drug-likeness (QED) is 0.369. The van der Waals surface area contributed by atoms with E-state index in [1.807, 2.05) is 43.3 Å². The number of fused-ring (bicyclic) bond motifs is 1. The Bertz CT molecular complexity index is 1210. The van der Waals surface area contributed by atoms with E-state index < -0.39 is 17.7 Å². The third-order valence-electron chi connectivity index (χ3n) is 6.25. The third kappa shape index (κ3) is 3.17. The number of carbonyl (C=O) groups excluding carboxylic acids is 2. The number of nitrogens with zero attached hydrogens (tertiary/aromatic N) is 1. The molecule has 1 atom stereocenters. The Balaban J connectivity index is 1.69. The van der Waals surface area contributed by atoms with E-state index in [1.165, 1.54) is 28.7 Å². The van der Waals surface area contributed by atoms with Crippen LogP contribution in [0.15, 0.2) is 70.9 Å². The summed E-state index contributed by atoms with van der Waals surface area (Å²) in [5.41, 5.74) is 4.56. The summed E-state index contributed by atoms with van der Waals surface area (Å²) in [5.74, 6) is -1.11. The van der Waals surface area contributed by atoms with Gasteiger partial charge in [0.2, 0.25) is 0 Å². The summed E-state index contributed by atoms with van der Waals surface area (Å²) in [5, 5.41) is 11.3. The fraction of sp³-hybridized carbons (Fsp3) is 0.231. The van der Waals surface area contributed by atoms with E-state index in [0.29, 0.717) is 17.0 Å². The zero-order valence-electron chi connectivity index (χ0n) is 17.3. The number of Topliss-reactive ketones (excluding diaryl/α,β-unsaturated/α-hetero) is 1. The molecule has 1 amide bonds. The lowest BCUT2D eigenvalue weighted by molar-refractivity contribution is -0.132. The molecule has 2 aliphatic rings. The van der Waals surface area contributed by atoms with E-state index in [2.05, 4.69) is 0 Å². The average Bonchev–Trinajstić information content (AvgIpc) is 3.41. The molecule has 2 heterocycles. The molecule has 1 unspecified atom stereocenters. The van der Waals surface area contributed by atoms with Crippen LogP contribution in [0.4, 0.5) is 5.69 Å². The topological polar surface area (TPSA) is 70.8 Å². The molecule has 1 fully saturated rings. The first-order valence-corrected chi connectivity index (χ1v) is 10.6. The SMILES string of the molecule is Cc1ccccc1N1C(=O)C(=O)/C(=C(\O)c2ccc3c(c2)CCCC3)C1c1ccco1. The summed E-state index contributed by atoms with van der Waals surface area (Å²) < 4.78 is 5.62. The predicted molar refractivity (Wildman–Crippen MR) is 118 cm³/mol. The second-order valence-corrected chi connectivity index (χ2v) is 8.16. The van der Waals surface area contributed by atoms with E-state index in [0.717, 1.165) is 24.8 Å². The van der Waals surface area contributed by atoms with E-state index in [9.17, 15) is 14.7 Å². The number of amides is 1. The van der Waals surface area contributed by atoms with Gasteiger partial charge in [0.25, 0.3) is 11.7 Å². The van der Waals surface area contributed by atoms with Crippen LogP contribution in [0.25, 0.3) is 5.76 Å². The van der Waals surface area contributed by atoms with Crippen LogP contribution in [0.2, 0.25) is 0 Å². The summed E-state index contributed by atoms with van der Waals surface area (Å²) in [4.78, 5) is 27.7. The highest BCUT2D eigenvalue weighted by Crippen LogP contribution is 2.43. The van der Waals surface area contributed by atoms with Crippen LogP contribution in [-0.2, 0) is 22.4 Å². The molecule has 31 heavy (non-hydrogen) atoms. The number of para-hydroxylation sites is 1. The van der Waals surface area contributed by atoms with Crippen molar-refractivity contribution in [2.24, 2.45) is 0 Å². The third-order valence-corrected chi connectivity index (χ3v) is 6.25. The first-order valence-electron chi connectivity index (χ1n) is 10.6. The maximum Gasteiger partial charge on any atom is 0.300 e. The number of rotatable bonds is 3. The number of aliphatic hydroxyl groups is 1. The minimum absolute atomic E-state index is 0.0546. The molecule has 0 spiro atoms. The van der Waals surface area contributed by atoms with Crippen LogP contribution in [0, 0.1) is 6.92 Å². The van der Waals surface area contributed by atoms with Gasteiger partial charge in [-0.3, -0.25) is 14.5 Å². The van der Waals surface area contributed by atoms with Crippen molar-refractivity contribution in [2.75, 3.05) is 4.90 Å². The highest BCUT2D eigenvalue weighted by Gasteiger charge is 2.48. The molecule has 0 radical (unpaired) electrons. The monoisotopic (exact) mass is 413 g/mol. The van der Waals surface area contributed by atoms with E-state index in [4.69, 9.17) is 4.42 Å². The van der Waals surface area contributed by atoms with Crippen LogP contribution >= 0.6 is 0 Å². The van der Waals surface area contributed by atoms with Crippen LogP contribution in [0.5, 0.6) is 0 Å². The Kier molecular flexibility index (Phi) is 4.74. The molecular weight excluding hydrogens is 390 g/mol.